The van der Waals surface area contributed by atoms with Crippen LogP contribution < -0.4 is 5.32 Å². The number of aryl methyl sites for hydroxylation is 1. The van der Waals surface area contributed by atoms with Crippen molar-refractivity contribution in [2.75, 3.05) is 13.6 Å². The third-order valence-electron chi connectivity index (χ3n) is 4.07. The van der Waals surface area contributed by atoms with E-state index in [-0.39, 0.29) is 16.8 Å². The molecule has 1 fully saturated rings. The van der Waals surface area contributed by atoms with Gasteiger partial charge in [0.05, 0.1) is 4.90 Å². The Morgan fingerprint density at radius 3 is 2.76 bits per heavy atom. The molecular weight excluding hydrogens is 291 g/mol. The normalized spacial score (nSPS) is 20.1. The van der Waals surface area contributed by atoms with Gasteiger partial charge in [0.2, 0.25) is 10.0 Å². The summed E-state index contributed by atoms with van der Waals surface area (Å²) in [5.41, 5.74) is 0.761. The number of benzene rings is 1. The highest BCUT2D eigenvalue weighted by Gasteiger charge is 2.34. The van der Waals surface area contributed by atoms with Gasteiger partial charge in [-0.3, -0.25) is 0 Å². The summed E-state index contributed by atoms with van der Waals surface area (Å²) in [6.45, 7) is 4.47. The van der Waals surface area contributed by atoms with E-state index in [1.807, 2.05) is 6.92 Å². The van der Waals surface area contributed by atoms with E-state index in [2.05, 4.69) is 5.32 Å². The van der Waals surface area contributed by atoms with Gasteiger partial charge in [-0.25, -0.2) is 12.8 Å². The number of hydrogen-bond donors (Lipinski definition) is 1. The van der Waals surface area contributed by atoms with Crippen LogP contribution in [0.4, 0.5) is 4.39 Å². The molecule has 21 heavy (non-hydrogen) atoms. The van der Waals surface area contributed by atoms with E-state index in [4.69, 9.17) is 0 Å². The number of nitrogens with one attached hydrogen (secondary N) is 1. The molecule has 1 aromatic rings. The van der Waals surface area contributed by atoms with Crippen molar-refractivity contribution in [1.29, 1.82) is 0 Å². The van der Waals surface area contributed by atoms with Gasteiger partial charge in [0.25, 0.3) is 0 Å². The Balaban J connectivity index is 2.45. The predicted molar refractivity (Wildman–Crippen MR) is 81.1 cm³/mol. The zero-order valence-corrected chi connectivity index (χ0v) is 13.6. The number of nitrogens with zero attached hydrogens (tertiary/aromatic N) is 1. The van der Waals surface area contributed by atoms with Gasteiger partial charge in [0.15, 0.2) is 0 Å². The van der Waals surface area contributed by atoms with Crippen LogP contribution in [0.25, 0.3) is 0 Å². The second-order valence-corrected chi connectivity index (χ2v) is 7.45. The van der Waals surface area contributed by atoms with E-state index in [0.717, 1.165) is 19.3 Å². The molecule has 4 nitrogen and oxygen atoms in total. The molecule has 1 aliphatic rings. The minimum absolute atomic E-state index is 0.0631. The molecule has 0 saturated carbocycles. The van der Waals surface area contributed by atoms with Crippen molar-refractivity contribution in [2.24, 2.45) is 0 Å². The lowest BCUT2D eigenvalue weighted by Gasteiger charge is -2.23. The van der Waals surface area contributed by atoms with Crippen LogP contribution >= 0.6 is 0 Å². The summed E-state index contributed by atoms with van der Waals surface area (Å²) in [4.78, 5) is 0.201. The minimum Gasteiger partial charge on any atom is -0.316 e. The predicted octanol–water partition coefficient (Wildman–Crippen LogP) is 2.42. The molecule has 118 valence electrons. The van der Waals surface area contributed by atoms with Gasteiger partial charge in [0, 0.05) is 24.7 Å². The van der Waals surface area contributed by atoms with E-state index < -0.39 is 10.0 Å². The fraction of sp³-hybridized carbons (Fsp3) is 0.600. The van der Waals surface area contributed by atoms with Crippen molar-refractivity contribution in [1.82, 2.24) is 9.62 Å². The first-order valence-corrected chi connectivity index (χ1v) is 8.81. The molecule has 1 heterocycles. The molecule has 1 aliphatic heterocycles. The maximum Gasteiger partial charge on any atom is 0.243 e. The minimum atomic E-state index is -3.54. The molecule has 1 unspecified atom stereocenters. The van der Waals surface area contributed by atoms with Crippen molar-refractivity contribution in [3.05, 3.63) is 29.1 Å². The lowest BCUT2D eigenvalue weighted by Crippen LogP contribution is -2.35. The van der Waals surface area contributed by atoms with E-state index in [1.165, 1.54) is 12.1 Å². The summed E-state index contributed by atoms with van der Waals surface area (Å²) in [7, 11) is -1.83. The molecule has 1 atom stereocenters. The molecule has 0 aliphatic carbocycles. The van der Waals surface area contributed by atoms with Crippen molar-refractivity contribution in [2.45, 2.75) is 50.6 Å². The zero-order chi connectivity index (χ0) is 15.6. The Morgan fingerprint density at radius 1 is 1.43 bits per heavy atom. The average Bonchev–Trinajstić information content (AvgIpc) is 2.93. The molecule has 0 aromatic heterocycles. The third-order valence-corrected chi connectivity index (χ3v) is 6.00. The lowest BCUT2D eigenvalue weighted by atomic mass is 10.1. The highest BCUT2D eigenvalue weighted by atomic mass is 32.2. The second-order valence-electron chi connectivity index (χ2n) is 5.56. The van der Waals surface area contributed by atoms with Crippen LogP contribution in [0.3, 0.4) is 0 Å². The van der Waals surface area contributed by atoms with Crippen LogP contribution in [0, 0.1) is 12.7 Å². The lowest BCUT2D eigenvalue weighted by molar-refractivity contribution is 0.379. The smallest absolute Gasteiger partial charge is 0.243 e. The van der Waals surface area contributed by atoms with Gasteiger partial charge in [0.1, 0.15) is 5.82 Å². The maximum absolute atomic E-state index is 14.0. The fourth-order valence-corrected chi connectivity index (χ4v) is 4.85. The van der Waals surface area contributed by atoms with Crippen LogP contribution in [-0.2, 0) is 16.6 Å². The first-order valence-electron chi connectivity index (χ1n) is 7.37. The number of halogens is 1. The Bertz CT molecular complexity index is 616. The van der Waals surface area contributed by atoms with Crippen LogP contribution in [0.2, 0.25) is 0 Å². The first kappa shape index (κ1) is 16.4. The Hall–Kier alpha value is -0.980. The van der Waals surface area contributed by atoms with Crippen LogP contribution in [0.15, 0.2) is 17.0 Å². The Labute approximate surface area is 126 Å². The highest BCUT2D eigenvalue weighted by molar-refractivity contribution is 7.89. The number of hydrogen-bond acceptors (Lipinski definition) is 3. The van der Waals surface area contributed by atoms with Gasteiger partial charge in [-0.1, -0.05) is 6.92 Å². The molecule has 0 bridgehead atoms. The van der Waals surface area contributed by atoms with Crippen LogP contribution in [0.1, 0.15) is 37.3 Å². The molecule has 0 radical (unpaired) electrons. The largest absolute Gasteiger partial charge is 0.316 e. The molecule has 1 N–H and O–H groups in total. The first-order chi connectivity index (χ1) is 9.91. The summed E-state index contributed by atoms with van der Waals surface area (Å²) in [5.74, 6) is -0.336. The van der Waals surface area contributed by atoms with E-state index in [0.29, 0.717) is 24.2 Å². The topological polar surface area (TPSA) is 49.4 Å². The standard InChI is InChI=1S/C15H23FN2O2S/c1-4-13-6-5-7-18(13)21(19,20)14-8-11(2)15(16)12(9-14)10-17-3/h8-9,13,17H,4-7,10H2,1-3H3. The average molecular weight is 314 g/mol. The van der Waals surface area contributed by atoms with E-state index in [9.17, 15) is 12.8 Å². The van der Waals surface area contributed by atoms with Gasteiger partial charge >= 0.3 is 0 Å². The zero-order valence-electron chi connectivity index (χ0n) is 12.8. The van der Waals surface area contributed by atoms with Gasteiger partial charge in [-0.15, -0.1) is 0 Å². The van der Waals surface area contributed by atoms with Crippen molar-refractivity contribution >= 4 is 10.0 Å². The molecule has 1 saturated heterocycles. The second kappa shape index (κ2) is 6.42. The summed E-state index contributed by atoms with van der Waals surface area (Å²) in [5, 5.41) is 2.87. The molecular formula is C15H23FN2O2S. The monoisotopic (exact) mass is 314 g/mol. The van der Waals surface area contributed by atoms with Crippen molar-refractivity contribution < 1.29 is 12.8 Å². The van der Waals surface area contributed by atoms with Crippen LogP contribution in [-0.4, -0.2) is 32.4 Å². The van der Waals surface area contributed by atoms with E-state index in [1.54, 1.807) is 18.3 Å². The molecule has 0 spiro atoms. The number of rotatable bonds is 5. The fourth-order valence-electron chi connectivity index (χ4n) is 2.94. The van der Waals surface area contributed by atoms with Crippen molar-refractivity contribution in [3.8, 4) is 0 Å². The maximum atomic E-state index is 14.0. The molecule has 6 heteroatoms. The SMILES string of the molecule is CCC1CCCN1S(=O)(=O)c1cc(C)c(F)c(CNC)c1. The molecule has 0 amide bonds. The number of sulfonamides is 1. The quantitative estimate of drug-likeness (QED) is 0.908. The summed E-state index contributed by atoms with van der Waals surface area (Å²) in [6, 6.07) is 2.96. The third kappa shape index (κ3) is 3.12. The van der Waals surface area contributed by atoms with Crippen LogP contribution in [0.5, 0.6) is 0 Å². The molecule has 1 aromatic carbocycles. The van der Waals surface area contributed by atoms with Gasteiger partial charge < -0.3 is 5.32 Å². The van der Waals surface area contributed by atoms with E-state index >= 15 is 0 Å². The molecule has 2 rings (SSSR count). The Kier molecular flexibility index (Phi) is 5.01. The summed E-state index contributed by atoms with van der Waals surface area (Å²) >= 11 is 0. The van der Waals surface area contributed by atoms with Gasteiger partial charge in [-0.2, -0.15) is 4.31 Å². The summed E-state index contributed by atoms with van der Waals surface area (Å²) in [6.07, 6.45) is 2.60. The highest BCUT2D eigenvalue weighted by Crippen LogP contribution is 2.29. The Morgan fingerprint density at radius 2 is 2.14 bits per heavy atom. The van der Waals surface area contributed by atoms with Crippen molar-refractivity contribution in [3.63, 3.8) is 0 Å². The summed E-state index contributed by atoms with van der Waals surface area (Å²) < 4.78 is 41.2. The van der Waals surface area contributed by atoms with Gasteiger partial charge in [-0.05, 0) is 50.9 Å².